The van der Waals surface area contributed by atoms with E-state index in [1.54, 1.807) is 0 Å². The van der Waals surface area contributed by atoms with Gasteiger partial charge in [-0.3, -0.25) is 4.98 Å². The first-order valence-electron chi connectivity index (χ1n) is 9.64. The molecule has 0 N–H and O–H groups in total. The van der Waals surface area contributed by atoms with Crippen molar-refractivity contribution in [1.82, 2.24) is 4.98 Å². The van der Waals surface area contributed by atoms with Gasteiger partial charge in [0.1, 0.15) is 11.2 Å². The molecule has 1 aliphatic carbocycles. The third-order valence-corrected chi connectivity index (χ3v) is 5.69. The van der Waals surface area contributed by atoms with Gasteiger partial charge in [0.15, 0.2) is 0 Å². The van der Waals surface area contributed by atoms with Gasteiger partial charge in [0.05, 0.1) is 5.69 Å². The van der Waals surface area contributed by atoms with E-state index in [4.69, 9.17) is 9.40 Å². The highest BCUT2D eigenvalue weighted by atomic mass is 16.3. The zero-order valence-electron chi connectivity index (χ0n) is 15.4. The lowest BCUT2D eigenvalue weighted by molar-refractivity contribution is 0.660. The molecule has 2 heterocycles. The van der Waals surface area contributed by atoms with Crippen molar-refractivity contribution >= 4 is 21.9 Å². The number of para-hydroxylation sites is 1. The van der Waals surface area contributed by atoms with Crippen LogP contribution in [0.25, 0.3) is 33.2 Å². The average molecular weight is 341 g/mol. The van der Waals surface area contributed by atoms with Gasteiger partial charge in [0.25, 0.3) is 0 Å². The van der Waals surface area contributed by atoms with Crippen LogP contribution in [0.15, 0.2) is 53.1 Å². The lowest BCUT2D eigenvalue weighted by Crippen LogP contribution is -2.01. The molecule has 5 rings (SSSR count). The minimum atomic E-state index is 0.491. The number of fused-ring (bicyclic) bond motifs is 4. The van der Waals surface area contributed by atoms with Crippen LogP contribution in [0.3, 0.4) is 0 Å². The summed E-state index contributed by atoms with van der Waals surface area (Å²) < 4.78 is 6.34. The van der Waals surface area contributed by atoms with Crippen molar-refractivity contribution < 1.29 is 4.42 Å². The summed E-state index contributed by atoms with van der Waals surface area (Å²) in [7, 11) is 0. The summed E-state index contributed by atoms with van der Waals surface area (Å²) in [5.41, 5.74) is 8.23. The number of benzene rings is 2. The van der Waals surface area contributed by atoms with Gasteiger partial charge < -0.3 is 4.42 Å². The van der Waals surface area contributed by atoms with Crippen LogP contribution in [-0.4, -0.2) is 4.98 Å². The van der Waals surface area contributed by atoms with E-state index >= 15 is 0 Å². The maximum atomic E-state index is 6.34. The Bertz CT molecular complexity index is 1100. The Morgan fingerprint density at radius 2 is 1.73 bits per heavy atom. The number of hydrogen-bond donors (Lipinski definition) is 0. The SMILES string of the molecule is CC(C)c1ccc(-c2cccc3c2oc2cc4c(cc23)CCCC4)nc1. The van der Waals surface area contributed by atoms with E-state index in [-0.39, 0.29) is 0 Å². The number of aryl methyl sites for hydroxylation is 2. The Hall–Kier alpha value is -2.61. The van der Waals surface area contributed by atoms with Crippen LogP contribution >= 0.6 is 0 Å². The number of furan rings is 1. The predicted octanol–water partition coefficient (Wildman–Crippen LogP) is 6.65. The molecule has 2 nitrogen and oxygen atoms in total. The van der Waals surface area contributed by atoms with E-state index in [1.807, 2.05) is 6.20 Å². The second-order valence-electron chi connectivity index (χ2n) is 7.74. The molecule has 0 atom stereocenters. The van der Waals surface area contributed by atoms with Crippen LogP contribution < -0.4 is 0 Å². The van der Waals surface area contributed by atoms with Crippen molar-refractivity contribution in [3.8, 4) is 11.3 Å². The number of hydrogen-bond acceptors (Lipinski definition) is 2. The molecule has 2 aromatic carbocycles. The van der Waals surface area contributed by atoms with Gasteiger partial charge in [-0.2, -0.15) is 0 Å². The second-order valence-corrected chi connectivity index (χ2v) is 7.74. The molecule has 0 aliphatic heterocycles. The molecule has 0 radical (unpaired) electrons. The molecule has 0 fully saturated rings. The molecule has 2 aromatic heterocycles. The van der Waals surface area contributed by atoms with Gasteiger partial charge in [0.2, 0.25) is 0 Å². The molecule has 26 heavy (non-hydrogen) atoms. The summed E-state index contributed by atoms with van der Waals surface area (Å²) >= 11 is 0. The van der Waals surface area contributed by atoms with Gasteiger partial charge in [-0.15, -0.1) is 0 Å². The lowest BCUT2D eigenvalue weighted by atomic mass is 9.90. The third kappa shape index (κ3) is 2.44. The summed E-state index contributed by atoms with van der Waals surface area (Å²) in [4.78, 5) is 4.71. The van der Waals surface area contributed by atoms with E-state index in [0.717, 1.165) is 22.4 Å². The summed E-state index contributed by atoms with van der Waals surface area (Å²) in [5, 5.41) is 2.43. The quantitative estimate of drug-likeness (QED) is 0.408. The van der Waals surface area contributed by atoms with Crippen LogP contribution in [0.4, 0.5) is 0 Å². The monoisotopic (exact) mass is 341 g/mol. The van der Waals surface area contributed by atoms with Crippen molar-refractivity contribution in [3.05, 3.63) is 65.4 Å². The Morgan fingerprint density at radius 3 is 2.46 bits per heavy atom. The zero-order valence-corrected chi connectivity index (χ0v) is 15.4. The third-order valence-electron chi connectivity index (χ3n) is 5.69. The van der Waals surface area contributed by atoms with E-state index in [9.17, 15) is 0 Å². The summed E-state index contributed by atoms with van der Waals surface area (Å²) in [6.45, 7) is 4.39. The van der Waals surface area contributed by atoms with E-state index in [2.05, 4.69) is 56.3 Å². The molecule has 130 valence electrons. The summed E-state index contributed by atoms with van der Waals surface area (Å²) in [5.74, 6) is 0.491. The van der Waals surface area contributed by atoms with Crippen LogP contribution in [-0.2, 0) is 12.8 Å². The summed E-state index contributed by atoms with van der Waals surface area (Å²) in [6.07, 6.45) is 6.94. The van der Waals surface area contributed by atoms with Crippen LogP contribution in [0.1, 0.15) is 49.3 Å². The second kappa shape index (κ2) is 5.98. The molecule has 4 aromatic rings. The first kappa shape index (κ1) is 15.6. The standard InChI is InChI=1S/C24H23NO/c1-15(2)18-10-11-22(25-14-18)20-9-5-8-19-21-12-16-6-3-4-7-17(16)13-23(21)26-24(19)20/h5,8-15H,3-4,6-7H2,1-2H3. The Labute approximate surface area is 153 Å². The molecule has 0 saturated carbocycles. The minimum Gasteiger partial charge on any atom is -0.455 e. The van der Waals surface area contributed by atoms with Crippen LogP contribution in [0.5, 0.6) is 0 Å². The molecule has 0 unspecified atom stereocenters. The average Bonchev–Trinajstić information content (AvgIpc) is 3.03. The van der Waals surface area contributed by atoms with Gasteiger partial charge in [-0.05, 0) is 72.6 Å². The Morgan fingerprint density at radius 1 is 0.923 bits per heavy atom. The first-order chi connectivity index (χ1) is 12.7. The maximum Gasteiger partial charge on any atom is 0.144 e. The predicted molar refractivity (Wildman–Crippen MR) is 108 cm³/mol. The molecule has 0 bridgehead atoms. The summed E-state index contributed by atoms with van der Waals surface area (Å²) in [6, 6.07) is 15.3. The smallest absolute Gasteiger partial charge is 0.144 e. The largest absolute Gasteiger partial charge is 0.455 e. The number of aromatic nitrogens is 1. The molecule has 0 spiro atoms. The normalized spacial score (nSPS) is 14.3. The number of pyridine rings is 1. The molecule has 0 amide bonds. The fourth-order valence-corrected chi connectivity index (χ4v) is 4.13. The molecular weight excluding hydrogens is 318 g/mol. The van der Waals surface area contributed by atoms with Gasteiger partial charge in [-0.1, -0.05) is 32.0 Å². The maximum absolute atomic E-state index is 6.34. The fourth-order valence-electron chi connectivity index (χ4n) is 4.13. The highest BCUT2D eigenvalue weighted by molar-refractivity contribution is 6.09. The molecular formula is C24H23NO. The van der Waals surface area contributed by atoms with Gasteiger partial charge in [0, 0.05) is 22.5 Å². The Balaban J connectivity index is 1.71. The topological polar surface area (TPSA) is 26.0 Å². The van der Waals surface area contributed by atoms with E-state index < -0.39 is 0 Å². The number of nitrogens with zero attached hydrogens (tertiary/aromatic N) is 1. The highest BCUT2D eigenvalue weighted by Gasteiger charge is 2.17. The van der Waals surface area contributed by atoms with Crippen molar-refractivity contribution in [2.24, 2.45) is 0 Å². The minimum absolute atomic E-state index is 0.491. The molecule has 2 heteroatoms. The van der Waals surface area contributed by atoms with Crippen LogP contribution in [0.2, 0.25) is 0 Å². The molecule has 1 aliphatic rings. The highest BCUT2D eigenvalue weighted by Crippen LogP contribution is 2.37. The first-order valence-corrected chi connectivity index (χ1v) is 9.64. The van der Waals surface area contributed by atoms with Gasteiger partial charge >= 0.3 is 0 Å². The Kier molecular flexibility index (Phi) is 3.59. The van der Waals surface area contributed by atoms with Gasteiger partial charge in [-0.25, -0.2) is 0 Å². The van der Waals surface area contributed by atoms with Crippen LogP contribution in [0, 0.1) is 0 Å². The van der Waals surface area contributed by atoms with E-state index in [0.29, 0.717) is 5.92 Å². The fraction of sp³-hybridized carbons (Fsp3) is 0.292. The number of rotatable bonds is 2. The molecule has 0 saturated heterocycles. The lowest BCUT2D eigenvalue weighted by Gasteiger charge is -2.14. The van der Waals surface area contributed by atoms with E-state index in [1.165, 1.54) is 53.1 Å². The zero-order chi connectivity index (χ0) is 17.7. The van der Waals surface area contributed by atoms with Crippen molar-refractivity contribution in [2.45, 2.75) is 45.4 Å². The van der Waals surface area contributed by atoms with Crippen molar-refractivity contribution in [3.63, 3.8) is 0 Å². The van der Waals surface area contributed by atoms with Crippen molar-refractivity contribution in [1.29, 1.82) is 0 Å². The van der Waals surface area contributed by atoms with Crippen molar-refractivity contribution in [2.75, 3.05) is 0 Å².